The van der Waals surface area contributed by atoms with Crippen LogP contribution in [0.2, 0.25) is 0 Å². The molecule has 0 fully saturated rings. The number of para-hydroxylation sites is 1. The highest BCUT2D eigenvalue weighted by atomic mass is 16.6. The molecule has 4 nitrogen and oxygen atoms in total. The maximum atomic E-state index is 12.5. The highest BCUT2D eigenvalue weighted by Crippen LogP contribution is 2.31. The van der Waals surface area contributed by atoms with Gasteiger partial charge in [-0.25, -0.2) is 0 Å². The minimum absolute atomic E-state index is 0.189. The van der Waals surface area contributed by atoms with Crippen LogP contribution in [0.5, 0.6) is 0 Å². The van der Waals surface area contributed by atoms with Crippen molar-refractivity contribution >= 4 is 16.9 Å². The number of aromatic amines is 1. The van der Waals surface area contributed by atoms with Gasteiger partial charge >= 0.3 is 5.97 Å². The van der Waals surface area contributed by atoms with E-state index in [0.717, 1.165) is 11.2 Å². The van der Waals surface area contributed by atoms with Gasteiger partial charge in [0.05, 0.1) is 0 Å². The first-order valence-electron chi connectivity index (χ1n) is 7.35. The second-order valence-corrected chi connectivity index (χ2v) is 6.99. The molecule has 1 aliphatic heterocycles. The smallest absolute Gasteiger partial charge is 0.326 e. The Kier molecular flexibility index (Phi) is 3.10. The zero-order valence-electron chi connectivity index (χ0n) is 13.0. The lowest BCUT2D eigenvalue weighted by atomic mass is 9.87. The summed E-state index contributed by atoms with van der Waals surface area (Å²) in [5, 5.41) is 4.53. The number of rotatable bonds is 1. The van der Waals surface area contributed by atoms with Crippen molar-refractivity contribution < 1.29 is 9.53 Å². The van der Waals surface area contributed by atoms with Gasteiger partial charge in [-0.15, -0.1) is 0 Å². The second-order valence-electron chi connectivity index (χ2n) is 6.99. The van der Waals surface area contributed by atoms with E-state index in [1.165, 1.54) is 10.9 Å². The maximum Gasteiger partial charge on any atom is 0.326 e. The van der Waals surface area contributed by atoms with Crippen molar-refractivity contribution in [3.63, 3.8) is 0 Å². The molecule has 0 aliphatic carbocycles. The summed E-state index contributed by atoms with van der Waals surface area (Å²) < 4.78 is 5.57. The first kappa shape index (κ1) is 14.1. The van der Waals surface area contributed by atoms with Crippen molar-refractivity contribution in [2.75, 3.05) is 0 Å². The summed E-state index contributed by atoms with van der Waals surface area (Å²) in [6, 6.07) is 8.22. The van der Waals surface area contributed by atoms with Crippen LogP contribution in [0.4, 0.5) is 0 Å². The summed E-state index contributed by atoms with van der Waals surface area (Å²) in [6.07, 6.45) is 0.640. The van der Waals surface area contributed by atoms with E-state index in [1.54, 1.807) is 0 Å². The molecule has 2 heterocycles. The number of carbonyl (C=O) groups is 1. The molecule has 0 saturated carbocycles. The highest BCUT2D eigenvalue weighted by molar-refractivity contribution is 5.88. The van der Waals surface area contributed by atoms with Crippen molar-refractivity contribution in [2.24, 2.45) is 0 Å². The maximum absolute atomic E-state index is 12.5. The van der Waals surface area contributed by atoms with Crippen LogP contribution < -0.4 is 5.32 Å². The van der Waals surface area contributed by atoms with Gasteiger partial charge in [-0.05, 0) is 39.3 Å². The first-order valence-corrected chi connectivity index (χ1v) is 7.35. The molecule has 0 radical (unpaired) electrons. The molecule has 1 atom stereocenters. The van der Waals surface area contributed by atoms with Gasteiger partial charge in [-0.1, -0.05) is 18.2 Å². The van der Waals surface area contributed by atoms with Crippen LogP contribution in [-0.2, 0) is 22.5 Å². The van der Waals surface area contributed by atoms with Gasteiger partial charge in [-0.2, -0.15) is 0 Å². The van der Waals surface area contributed by atoms with Crippen LogP contribution in [-0.4, -0.2) is 22.1 Å². The van der Waals surface area contributed by atoms with Crippen LogP contribution in [0.1, 0.15) is 39.0 Å². The Morgan fingerprint density at radius 1 is 1.29 bits per heavy atom. The number of H-pyrrole nitrogens is 1. The third-order valence-electron chi connectivity index (χ3n) is 3.94. The van der Waals surface area contributed by atoms with Crippen LogP contribution in [0, 0.1) is 0 Å². The number of esters is 1. The number of hydrogen-bond donors (Lipinski definition) is 2. The van der Waals surface area contributed by atoms with E-state index in [1.807, 2.05) is 39.8 Å². The van der Waals surface area contributed by atoms with E-state index in [2.05, 4.69) is 22.4 Å². The predicted octanol–water partition coefficient (Wildman–Crippen LogP) is 2.91. The Hall–Kier alpha value is -1.81. The molecule has 4 heteroatoms. The topological polar surface area (TPSA) is 54.1 Å². The van der Waals surface area contributed by atoms with Gasteiger partial charge in [0, 0.05) is 29.6 Å². The number of nitrogens with one attached hydrogen (secondary N) is 2. The predicted molar refractivity (Wildman–Crippen MR) is 83.1 cm³/mol. The first-order chi connectivity index (χ1) is 9.78. The summed E-state index contributed by atoms with van der Waals surface area (Å²) >= 11 is 0. The van der Waals surface area contributed by atoms with E-state index >= 15 is 0 Å². The lowest BCUT2D eigenvalue weighted by molar-refractivity contribution is -0.162. The molecule has 21 heavy (non-hydrogen) atoms. The molecule has 0 saturated heterocycles. The molecule has 2 N–H and O–H groups in total. The molecule has 2 aromatic rings. The molecule has 1 aliphatic rings. The number of carbonyl (C=O) groups excluding carboxylic acids is 1. The van der Waals surface area contributed by atoms with E-state index in [0.29, 0.717) is 13.0 Å². The molecule has 1 aromatic carbocycles. The summed E-state index contributed by atoms with van der Waals surface area (Å²) in [5.74, 6) is -0.189. The Bertz CT molecular complexity index is 696. The summed E-state index contributed by atoms with van der Waals surface area (Å²) in [5.41, 5.74) is 2.36. The van der Waals surface area contributed by atoms with Gasteiger partial charge in [-0.3, -0.25) is 10.1 Å². The molecule has 0 spiro atoms. The van der Waals surface area contributed by atoms with Crippen LogP contribution in [0.25, 0.3) is 10.9 Å². The third kappa shape index (κ3) is 2.56. The molecule has 0 bridgehead atoms. The Labute approximate surface area is 124 Å². The van der Waals surface area contributed by atoms with Crippen molar-refractivity contribution in [1.82, 2.24) is 10.3 Å². The number of fused-ring (bicyclic) bond motifs is 3. The molecule has 1 aromatic heterocycles. The minimum Gasteiger partial charge on any atom is -0.459 e. The average molecular weight is 286 g/mol. The van der Waals surface area contributed by atoms with Crippen molar-refractivity contribution in [1.29, 1.82) is 0 Å². The standard InChI is InChI=1S/C17H22N2O2/c1-16(2,3)21-15(20)17(4)9-12-11-7-5-6-8-13(11)19-14(12)10-18-17/h5-8,18-19H,9-10H2,1-4H3. The monoisotopic (exact) mass is 286 g/mol. The van der Waals surface area contributed by atoms with E-state index in [4.69, 9.17) is 4.74 Å². The number of aromatic nitrogens is 1. The Morgan fingerprint density at radius 3 is 2.71 bits per heavy atom. The van der Waals surface area contributed by atoms with Gasteiger partial charge in [0.25, 0.3) is 0 Å². The van der Waals surface area contributed by atoms with Crippen LogP contribution in [0.15, 0.2) is 24.3 Å². The summed E-state index contributed by atoms with van der Waals surface area (Å²) in [6.45, 7) is 8.27. The summed E-state index contributed by atoms with van der Waals surface area (Å²) in [4.78, 5) is 15.9. The SMILES string of the molecule is CC(C)(C)OC(=O)C1(C)Cc2c([nH]c3ccccc23)CN1. The Balaban J connectivity index is 1.94. The van der Waals surface area contributed by atoms with E-state index in [9.17, 15) is 4.79 Å². The minimum atomic E-state index is -0.675. The molecular formula is C17H22N2O2. The van der Waals surface area contributed by atoms with Gasteiger partial charge < -0.3 is 9.72 Å². The fraction of sp³-hybridized carbons (Fsp3) is 0.471. The van der Waals surface area contributed by atoms with Gasteiger partial charge in [0.2, 0.25) is 0 Å². The summed E-state index contributed by atoms with van der Waals surface area (Å²) in [7, 11) is 0. The second kappa shape index (κ2) is 4.60. The Morgan fingerprint density at radius 2 is 2.00 bits per heavy atom. The number of hydrogen-bond acceptors (Lipinski definition) is 3. The molecule has 3 rings (SSSR count). The fourth-order valence-electron chi connectivity index (χ4n) is 2.84. The third-order valence-corrected chi connectivity index (χ3v) is 3.94. The molecule has 0 amide bonds. The molecule has 1 unspecified atom stereocenters. The zero-order chi connectivity index (χ0) is 15.3. The largest absolute Gasteiger partial charge is 0.459 e. The van der Waals surface area contributed by atoms with Crippen molar-refractivity contribution in [2.45, 2.75) is 51.8 Å². The lowest BCUT2D eigenvalue weighted by Crippen LogP contribution is -2.55. The molecular weight excluding hydrogens is 264 g/mol. The highest BCUT2D eigenvalue weighted by Gasteiger charge is 2.40. The van der Waals surface area contributed by atoms with Crippen molar-refractivity contribution in [3.05, 3.63) is 35.5 Å². The average Bonchev–Trinajstić information content (AvgIpc) is 2.75. The van der Waals surface area contributed by atoms with E-state index < -0.39 is 11.1 Å². The van der Waals surface area contributed by atoms with Gasteiger partial charge in [0.1, 0.15) is 11.1 Å². The zero-order valence-corrected chi connectivity index (χ0v) is 13.0. The van der Waals surface area contributed by atoms with Crippen LogP contribution >= 0.6 is 0 Å². The molecule has 112 valence electrons. The fourth-order valence-corrected chi connectivity index (χ4v) is 2.84. The lowest BCUT2D eigenvalue weighted by Gasteiger charge is -2.35. The van der Waals surface area contributed by atoms with E-state index in [-0.39, 0.29) is 5.97 Å². The number of benzene rings is 1. The van der Waals surface area contributed by atoms with Gasteiger partial charge in [0.15, 0.2) is 0 Å². The van der Waals surface area contributed by atoms with Crippen molar-refractivity contribution in [3.8, 4) is 0 Å². The normalized spacial score (nSPS) is 22.1. The quantitative estimate of drug-likeness (QED) is 0.793. The number of ether oxygens (including phenoxy) is 1. The van der Waals surface area contributed by atoms with Crippen LogP contribution in [0.3, 0.4) is 0 Å².